The Kier molecular flexibility index (Phi) is 2.85. The van der Waals surface area contributed by atoms with Gasteiger partial charge in [0, 0.05) is 12.4 Å². The molecule has 0 amide bonds. The average Bonchev–Trinajstić information content (AvgIpc) is 2.19. The van der Waals surface area contributed by atoms with Gasteiger partial charge in [-0.25, -0.2) is 0 Å². The van der Waals surface area contributed by atoms with Crippen molar-refractivity contribution in [3.8, 4) is 0 Å². The Morgan fingerprint density at radius 2 is 1.79 bits per heavy atom. The molecule has 2 rings (SSSR count). The third-order valence-electron chi connectivity index (χ3n) is 3.44. The first kappa shape index (κ1) is 9.70. The second-order valence-corrected chi connectivity index (χ2v) is 4.90. The van der Waals surface area contributed by atoms with E-state index in [1.165, 1.54) is 44.1 Å². The van der Waals surface area contributed by atoms with Crippen LogP contribution in [0.5, 0.6) is 0 Å². The van der Waals surface area contributed by atoms with Crippen molar-refractivity contribution in [1.82, 2.24) is 4.98 Å². The fourth-order valence-electron chi connectivity index (χ4n) is 2.58. The Hall–Kier alpha value is -0.850. The standard InChI is InChI=1S/C13H19N/c1-13(7-3-2-4-8-13)11-12-5-9-14-10-6-12/h5-6,9-10H,2-4,7-8,11H2,1H3. The molecule has 1 heterocycles. The van der Waals surface area contributed by atoms with Crippen LogP contribution in [-0.4, -0.2) is 4.98 Å². The summed E-state index contributed by atoms with van der Waals surface area (Å²) in [6.45, 7) is 2.44. The van der Waals surface area contributed by atoms with Gasteiger partial charge in [-0.05, 0) is 42.4 Å². The maximum Gasteiger partial charge on any atom is 0.0270 e. The van der Waals surface area contributed by atoms with Crippen LogP contribution in [0, 0.1) is 5.41 Å². The van der Waals surface area contributed by atoms with Crippen molar-refractivity contribution < 1.29 is 0 Å². The molecule has 0 radical (unpaired) electrons. The second kappa shape index (κ2) is 4.12. The molecule has 0 atom stereocenters. The lowest BCUT2D eigenvalue weighted by molar-refractivity contribution is 0.215. The van der Waals surface area contributed by atoms with Gasteiger partial charge >= 0.3 is 0 Å². The highest BCUT2D eigenvalue weighted by Gasteiger charge is 2.26. The average molecular weight is 189 g/mol. The summed E-state index contributed by atoms with van der Waals surface area (Å²) in [7, 11) is 0. The minimum Gasteiger partial charge on any atom is -0.265 e. The van der Waals surface area contributed by atoms with Crippen LogP contribution in [0.4, 0.5) is 0 Å². The summed E-state index contributed by atoms with van der Waals surface area (Å²) in [6.07, 6.45) is 12.1. The van der Waals surface area contributed by atoms with Crippen molar-refractivity contribution >= 4 is 0 Å². The van der Waals surface area contributed by atoms with Gasteiger partial charge in [-0.2, -0.15) is 0 Å². The van der Waals surface area contributed by atoms with Gasteiger partial charge in [0.15, 0.2) is 0 Å². The molecular formula is C13H19N. The van der Waals surface area contributed by atoms with Gasteiger partial charge in [-0.15, -0.1) is 0 Å². The topological polar surface area (TPSA) is 12.9 Å². The van der Waals surface area contributed by atoms with E-state index in [1.54, 1.807) is 0 Å². The molecule has 0 saturated heterocycles. The Balaban J connectivity index is 2.02. The maximum absolute atomic E-state index is 4.06. The van der Waals surface area contributed by atoms with Crippen molar-refractivity contribution in [2.24, 2.45) is 5.41 Å². The third-order valence-corrected chi connectivity index (χ3v) is 3.44. The lowest BCUT2D eigenvalue weighted by Gasteiger charge is -2.33. The van der Waals surface area contributed by atoms with Crippen molar-refractivity contribution in [2.75, 3.05) is 0 Å². The number of hydrogen-bond acceptors (Lipinski definition) is 1. The molecule has 1 fully saturated rings. The van der Waals surface area contributed by atoms with E-state index in [4.69, 9.17) is 0 Å². The first-order valence-electron chi connectivity index (χ1n) is 5.67. The van der Waals surface area contributed by atoms with Crippen LogP contribution in [0.3, 0.4) is 0 Å². The lowest BCUT2D eigenvalue weighted by Crippen LogP contribution is -2.22. The molecular weight excluding hydrogens is 170 g/mol. The molecule has 1 aliphatic carbocycles. The Morgan fingerprint density at radius 1 is 1.14 bits per heavy atom. The zero-order valence-electron chi connectivity index (χ0n) is 9.00. The third kappa shape index (κ3) is 2.34. The molecule has 1 aromatic rings. The Morgan fingerprint density at radius 3 is 2.43 bits per heavy atom. The van der Waals surface area contributed by atoms with Crippen LogP contribution in [0.15, 0.2) is 24.5 Å². The summed E-state index contributed by atoms with van der Waals surface area (Å²) in [5, 5.41) is 0. The molecule has 1 nitrogen and oxygen atoms in total. The van der Waals surface area contributed by atoms with Crippen LogP contribution in [-0.2, 0) is 6.42 Å². The van der Waals surface area contributed by atoms with Gasteiger partial charge in [-0.3, -0.25) is 4.98 Å². The minimum atomic E-state index is 0.555. The number of pyridine rings is 1. The highest BCUT2D eigenvalue weighted by Crippen LogP contribution is 2.38. The maximum atomic E-state index is 4.06. The fraction of sp³-hybridized carbons (Fsp3) is 0.615. The highest BCUT2D eigenvalue weighted by atomic mass is 14.6. The van der Waals surface area contributed by atoms with Gasteiger partial charge in [0.05, 0.1) is 0 Å². The van der Waals surface area contributed by atoms with Gasteiger partial charge < -0.3 is 0 Å². The van der Waals surface area contributed by atoms with Crippen molar-refractivity contribution in [2.45, 2.75) is 45.4 Å². The molecule has 14 heavy (non-hydrogen) atoms. The van der Waals surface area contributed by atoms with Crippen molar-refractivity contribution in [3.05, 3.63) is 30.1 Å². The predicted octanol–water partition coefficient (Wildman–Crippen LogP) is 3.59. The van der Waals surface area contributed by atoms with Gasteiger partial charge in [0.25, 0.3) is 0 Å². The van der Waals surface area contributed by atoms with Crippen LogP contribution in [0.2, 0.25) is 0 Å². The Bertz CT molecular complexity index is 273. The largest absolute Gasteiger partial charge is 0.265 e. The highest BCUT2D eigenvalue weighted by molar-refractivity contribution is 5.12. The van der Waals surface area contributed by atoms with Crippen molar-refractivity contribution in [3.63, 3.8) is 0 Å². The van der Waals surface area contributed by atoms with Crippen LogP contribution >= 0.6 is 0 Å². The molecule has 1 saturated carbocycles. The normalized spacial score (nSPS) is 20.6. The number of nitrogens with zero attached hydrogens (tertiary/aromatic N) is 1. The van der Waals surface area contributed by atoms with E-state index >= 15 is 0 Å². The van der Waals surface area contributed by atoms with E-state index in [-0.39, 0.29) is 0 Å². The monoisotopic (exact) mass is 189 g/mol. The first-order chi connectivity index (χ1) is 6.79. The van der Waals surface area contributed by atoms with E-state index in [1.807, 2.05) is 12.4 Å². The number of rotatable bonds is 2. The van der Waals surface area contributed by atoms with Gasteiger partial charge in [0.1, 0.15) is 0 Å². The predicted molar refractivity (Wildman–Crippen MR) is 59.1 cm³/mol. The first-order valence-corrected chi connectivity index (χ1v) is 5.67. The minimum absolute atomic E-state index is 0.555. The molecule has 1 heteroatoms. The summed E-state index contributed by atoms with van der Waals surface area (Å²) in [6, 6.07) is 4.31. The fourth-order valence-corrected chi connectivity index (χ4v) is 2.58. The molecule has 0 aliphatic heterocycles. The van der Waals surface area contributed by atoms with E-state index < -0.39 is 0 Å². The van der Waals surface area contributed by atoms with E-state index in [9.17, 15) is 0 Å². The van der Waals surface area contributed by atoms with Gasteiger partial charge in [0.2, 0.25) is 0 Å². The molecule has 0 bridgehead atoms. The second-order valence-electron chi connectivity index (χ2n) is 4.90. The molecule has 0 aromatic carbocycles. The van der Waals surface area contributed by atoms with E-state index in [2.05, 4.69) is 24.0 Å². The van der Waals surface area contributed by atoms with E-state index in [0.29, 0.717) is 5.41 Å². The van der Waals surface area contributed by atoms with Crippen LogP contribution in [0.25, 0.3) is 0 Å². The molecule has 0 spiro atoms. The molecule has 0 N–H and O–H groups in total. The SMILES string of the molecule is CC1(Cc2ccncc2)CCCCC1. The smallest absolute Gasteiger partial charge is 0.0270 e. The van der Waals surface area contributed by atoms with E-state index in [0.717, 1.165) is 0 Å². The summed E-state index contributed by atoms with van der Waals surface area (Å²) < 4.78 is 0. The Labute approximate surface area is 86.6 Å². The molecule has 1 aromatic heterocycles. The quantitative estimate of drug-likeness (QED) is 0.692. The zero-order chi connectivity index (χ0) is 9.86. The lowest BCUT2D eigenvalue weighted by atomic mass is 9.72. The summed E-state index contributed by atoms with van der Waals surface area (Å²) >= 11 is 0. The molecule has 76 valence electrons. The molecule has 0 unspecified atom stereocenters. The molecule has 1 aliphatic rings. The number of hydrogen-bond donors (Lipinski definition) is 0. The number of aromatic nitrogens is 1. The summed E-state index contributed by atoms with van der Waals surface area (Å²) in [5.74, 6) is 0. The zero-order valence-corrected chi connectivity index (χ0v) is 9.00. The van der Waals surface area contributed by atoms with Crippen LogP contribution < -0.4 is 0 Å². The summed E-state index contributed by atoms with van der Waals surface area (Å²) in [5.41, 5.74) is 2.00. The van der Waals surface area contributed by atoms with Gasteiger partial charge in [-0.1, -0.05) is 26.2 Å². The summed E-state index contributed by atoms with van der Waals surface area (Å²) in [4.78, 5) is 4.06. The van der Waals surface area contributed by atoms with Crippen molar-refractivity contribution in [1.29, 1.82) is 0 Å². The van der Waals surface area contributed by atoms with Crippen LogP contribution in [0.1, 0.15) is 44.6 Å².